The van der Waals surface area contributed by atoms with Gasteiger partial charge in [0.2, 0.25) is 18.1 Å². The summed E-state index contributed by atoms with van der Waals surface area (Å²) < 4.78 is 10.0. The number of amides is 3. The van der Waals surface area contributed by atoms with Gasteiger partial charge in [-0.25, -0.2) is 4.79 Å². The molecule has 0 spiro atoms. The normalized spacial score (nSPS) is 26.6. The Bertz CT molecular complexity index is 1330. The predicted molar refractivity (Wildman–Crippen MR) is 140 cm³/mol. The minimum Gasteiger partial charge on any atom is -0.434 e. The number of nitrogens with zero attached hydrogens (tertiary/aromatic N) is 1. The van der Waals surface area contributed by atoms with E-state index >= 15 is 0 Å². The molecule has 40 heavy (non-hydrogen) atoms. The summed E-state index contributed by atoms with van der Waals surface area (Å²) in [7, 11) is 0. The van der Waals surface area contributed by atoms with Crippen LogP contribution in [0.2, 0.25) is 0 Å². The first-order valence-electron chi connectivity index (χ1n) is 13.1. The number of nitrogens with one attached hydrogen (secondary N) is 2. The number of esters is 2. The summed E-state index contributed by atoms with van der Waals surface area (Å²) in [5, 5.41) is 15.3. The molecule has 3 aliphatic heterocycles. The van der Waals surface area contributed by atoms with Crippen molar-refractivity contribution >= 4 is 29.7 Å². The van der Waals surface area contributed by atoms with Crippen molar-refractivity contribution in [1.29, 1.82) is 0 Å². The fourth-order valence-electron chi connectivity index (χ4n) is 5.19. The van der Waals surface area contributed by atoms with Gasteiger partial charge in [-0.15, -0.1) is 0 Å². The molecule has 5 atom stereocenters. The maximum atomic E-state index is 13.6. The van der Waals surface area contributed by atoms with Crippen LogP contribution in [-0.4, -0.2) is 70.1 Å². The number of ether oxygens (including phenoxy) is 2. The lowest BCUT2D eigenvalue weighted by Crippen LogP contribution is -2.57. The van der Waals surface area contributed by atoms with Gasteiger partial charge in [0.25, 0.3) is 5.91 Å². The molecule has 0 radical (unpaired) electrons. The largest absolute Gasteiger partial charge is 0.434 e. The van der Waals surface area contributed by atoms with Crippen molar-refractivity contribution in [3.8, 4) is 5.75 Å². The van der Waals surface area contributed by atoms with Crippen molar-refractivity contribution in [2.75, 3.05) is 0 Å². The molecule has 2 fully saturated rings. The molecule has 3 aliphatic rings. The zero-order valence-electron chi connectivity index (χ0n) is 21.5. The summed E-state index contributed by atoms with van der Waals surface area (Å²) in [4.78, 5) is 65.0. The molecule has 0 aromatic heterocycles. The molecule has 3 N–H and O–H groups in total. The third kappa shape index (κ3) is 5.89. The Labute approximate surface area is 230 Å². The zero-order valence-corrected chi connectivity index (χ0v) is 21.5. The molecular formula is C29H29N3O8. The molecule has 2 aromatic rings. The van der Waals surface area contributed by atoms with E-state index in [4.69, 9.17) is 9.47 Å². The van der Waals surface area contributed by atoms with E-state index in [0.717, 1.165) is 0 Å². The average molecular weight is 548 g/mol. The Hall–Kier alpha value is -4.51. The van der Waals surface area contributed by atoms with E-state index in [1.165, 1.54) is 29.2 Å². The standard InChI is InChI=1S/C29H29N3O8/c33-24-16-22(29(38)40-24)31-26(35)23-15-12-19-8-4-5-9-21(27(36)32(19)23)30-25(34)17-10-13-20(14-11-17)39-28(37)18-6-2-1-3-7-18/h1-7,10-11,13-14,19,21-23,29,38H,8-9,12,15-16H2,(H,30,34)(H,31,35)/b5-4-/t19-,21+,22?,23+,29?/m1/s1. The van der Waals surface area contributed by atoms with Crippen molar-refractivity contribution in [2.24, 2.45) is 0 Å². The molecule has 2 aromatic carbocycles. The van der Waals surface area contributed by atoms with Gasteiger partial charge in [-0.05, 0) is 62.1 Å². The smallest absolute Gasteiger partial charge is 0.343 e. The molecule has 0 aliphatic carbocycles. The van der Waals surface area contributed by atoms with E-state index in [2.05, 4.69) is 10.6 Å². The summed E-state index contributed by atoms with van der Waals surface area (Å²) in [6, 6.07) is 11.7. The van der Waals surface area contributed by atoms with E-state index in [-0.39, 0.29) is 36.1 Å². The minimum atomic E-state index is -1.43. The number of cyclic esters (lactones) is 1. The quantitative estimate of drug-likeness (QED) is 0.279. The summed E-state index contributed by atoms with van der Waals surface area (Å²) in [5.41, 5.74) is 0.666. The van der Waals surface area contributed by atoms with Crippen molar-refractivity contribution in [3.63, 3.8) is 0 Å². The number of fused-ring (bicyclic) bond motifs is 1. The van der Waals surface area contributed by atoms with Crippen LogP contribution in [0.4, 0.5) is 0 Å². The predicted octanol–water partition coefficient (Wildman–Crippen LogP) is 1.46. The van der Waals surface area contributed by atoms with Crippen LogP contribution in [0.5, 0.6) is 5.75 Å². The number of rotatable bonds is 6. The highest BCUT2D eigenvalue weighted by Crippen LogP contribution is 2.30. The Balaban J connectivity index is 1.24. The first-order chi connectivity index (χ1) is 19.3. The molecule has 3 heterocycles. The number of hydrogen-bond donors (Lipinski definition) is 3. The number of benzene rings is 2. The number of aliphatic hydroxyl groups excluding tert-OH is 1. The van der Waals surface area contributed by atoms with Crippen molar-refractivity contribution in [1.82, 2.24) is 15.5 Å². The van der Waals surface area contributed by atoms with Crippen LogP contribution < -0.4 is 15.4 Å². The van der Waals surface area contributed by atoms with Crippen LogP contribution in [0.25, 0.3) is 0 Å². The Morgan fingerprint density at radius 3 is 2.33 bits per heavy atom. The highest BCUT2D eigenvalue weighted by Gasteiger charge is 2.45. The first kappa shape index (κ1) is 27.1. The molecule has 0 bridgehead atoms. The van der Waals surface area contributed by atoms with Crippen molar-refractivity contribution < 1.29 is 38.6 Å². The Morgan fingerprint density at radius 2 is 1.62 bits per heavy atom. The zero-order chi connectivity index (χ0) is 28.2. The fourth-order valence-corrected chi connectivity index (χ4v) is 5.19. The van der Waals surface area contributed by atoms with Crippen LogP contribution in [0.3, 0.4) is 0 Å². The van der Waals surface area contributed by atoms with Gasteiger partial charge < -0.3 is 30.1 Å². The molecule has 3 amide bonds. The lowest BCUT2D eigenvalue weighted by Gasteiger charge is -2.34. The fraction of sp³-hybridized carbons (Fsp3) is 0.345. The second-order valence-corrected chi connectivity index (χ2v) is 9.94. The third-order valence-electron chi connectivity index (χ3n) is 7.26. The molecule has 2 saturated heterocycles. The lowest BCUT2D eigenvalue weighted by molar-refractivity contribution is -0.155. The van der Waals surface area contributed by atoms with Gasteiger partial charge in [0.1, 0.15) is 23.9 Å². The topological polar surface area (TPSA) is 151 Å². The number of aliphatic hydroxyl groups is 1. The van der Waals surface area contributed by atoms with Crippen molar-refractivity contribution in [3.05, 3.63) is 77.9 Å². The highest BCUT2D eigenvalue weighted by atomic mass is 16.6. The molecular weight excluding hydrogens is 518 g/mol. The average Bonchev–Trinajstić information content (AvgIpc) is 3.51. The van der Waals surface area contributed by atoms with E-state index in [1.807, 2.05) is 12.2 Å². The Kier molecular flexibility index (Phi) is 7.92. The van der Waals surface area contributed by atoms with E-state index in [9.17, 15) is 29.1 Å². The second kappa shape index (κ2) is 11.7. The molecule has 2 unspecified atom stereocenters. The monoisotopic (exact) mass is 547 g/mol. The lowest BCUT2D eigenvalue weighted by atomic mass is 10.0. The van der Waals surface area contributed by atoms with Gasteiger partial charge in [-0.1, -0.05) is 30.4 Å². The van der Waals surface area contributed by atoms with E-state index < -0.39 is 48.2 Å². The third-order valence-corrected chi connectivity index (χ3v) is 7.26. The summed E-state index contributed by atoms with van der Waals surface area (Å²) in [6.45, 7) is 0. The molecule has 208 valence electrons. The second-order valence-electron chi connectivity index (χ2n) is 9.94. The Morgan fingerprint density at radius 1 is 0.900 bits per heavy atom. The molecule has 11 nitrogen and oxygen atoms in total. The van der Waals surface area contributed by atoms with Gasteiger partial charge >= 0.3 is 11.9 Å². The maximum absolute atomic E-state index is 13.6. The van der Waals surface area contributed by atoms with Crippen molar-refractivity contribution in [2.45, 2.75) is 62.6 Å². The van der Waals surface area contributed by atoms with E-state index in [0.29, 0.717) is 24.8 Å². The number of carbonyl (C=O) groups is 5. The van der Waals surface area contributed by atoms with Crippen LogP contribution in [-0.2, 0) is 19.1 Å². The van der Waals surface area contributed by atoms with Gasteiger partial charge in [0.05, 0.1) is 12.0 Å². The van der Waals surface area contributed by atoms with E-state index in [1.54, 1.807) is 30.3 Å². The van der Waals surface area contributed by atoms with Gasteiger partial charge in [-0.2, -0.15) is 0 Å². The van der Waals surface area contributed by atoms with Crippen LogP contribution in [0.1, 0.15) is 52.8 Å². The van der Waals surface area contributed by atoms with Crippen LogP contribution >= 0.6 is 0 Å². The summed E-state index contributed by atoms with van der Waals surface area (Å²) >= 11 is 0. The van der Waals surface area contributed by atoms with Gasteiger partial charge in [0, 0.05) is 11.6 Å². The first-order valence-corrected chi connectivity index (χ1v) is 13.1. The minimum absolute atomic E-state index is 0.150. The maximum Gasteiger partial charge on any atom is 0.343 e. The van der Waals surface area contributed by atoms with Gasteiger partial charge in [-0.3, -0.25) is 19.2 Å². The molecule has 11 heteroatoms. The van der Waals surface area contributed by atoms with Gasteiger partial charge in [0.15, 0.2) is 0 Å². The molecule has 0 saturated carbocycles. The SMILES string of the molecule is O=C1CC(NC(=O)[C@@H]2CC[C@H]3C/C=C\C[C@H](NC(=O)c4ccc(OC(=O)c5ccccc5)cc4)C(=O)N32)C(O)O1. The summed E-state index contributed by atoms with van der Waals surface area (Å²) in [6.07, 6.45) is 4.04. The highest BCUT2D eigenvalue weighted by molar-refractivity contribution is 5.99. The van der Waals surface area contributed by atoms with Crippen LogP contribution in [0, 0.1) is 0 Å². The molecule has 5 rings (SSSR count). The number of hydrogen-bond acceptors (Lipinski definition) is 8. The number of carbonyl (C=O) groups excluding carboxylic acids is 5. The summed E-state index contributed by atoms with van der Waals surface area (Å²) in [5.74, 6) is -2.22. The van der Waals surface area contributed by atoms with Crippen LogP contribution in [0.15, 0.2) is 66.7 Å².